The Hall–Kier alpha value is -3.26. The Morgan fingerprint density at radius 2 is 2.00 bits per heavy atom. The summed E-state index contributed by atoms with van der Waals surface area (Å²) in [4.78, 5) is 20.1. The van der Waals surface area contributed by atoms with Crippen LogP contribution in [0, 0.1) is 11.8 Å². The highest BCUT2D eigenvalue weighted by Crippen LogP contribution is 2.37. The predicted molar refractivity (Wildman–Crippen MR) is 99.1 cm³/mol. The van der Waals surface area contributed by atoms with Crippen molar-refractivity contribution in [3.05, 3.63) is 65.3 Å². The van der Waals surface area contributed by atoms with Crippen molar-refractivity contribution in [1.82, 2.24) is 18.9 Å². The molecule has 0 aliphatic rings. The topological polar surface area (TPSA) is 61.4 Å². The van der Waals surface area contributed by atoms with E-state index in [1.165, 1.54) is 43.9 Å². The van der Waals surface area contributed by atoms with E-state index < -0.39 is 17.7 Å². The van der Waals surface area contributed by atoms with Crippen LogP contribution in [0.4, 0.5) is 8.78 Å². The number of halogens is 3. The number of imidazole rings is 2. The molecule has 0 bridgehead atoms. The van der Waals surface area contributed by atoms with Gasteiger partial charge in [0.25, 0.3) is 0 Å². The van der Waals surface area contributed by atoms with Crippen LogP contribution in [0.1, 0.15) is 10.4 Å². The van der Waals surface area contributed by atoms with E-state index >= 15 is 4.39 Å². The van der Waals surface area contributed by atoms with Gasteiger partial charge in [-0.2, -0.15) is 4.39 Å². The molecule has 0 unspecified atom stereocenters. The number of carbonyl (C=O) groups excluding carboxylic acids is 1. The largest absolute Gasteiger partial charge is 0.465 e. The number of fused-ring (bicyclic) bond motifs is 1. The van der Waals surface area contributed by atoms with Crippen molar-refractivity contribution >= 4 is 23.2 Å². The van der Waals surface area contributed by atoms with E-state index in [9.17, 15) is 9.18 Å². The second-order valence-corrected chi connectivity index (χ2v) is 6.40. The van der Waals surface area contributed by atoms with Crippen molar-refractivity contribution in [2.75, 3.05) is 7.11 Å². The van der Waals surface area contributed by atoms with Crippen molar-refractivity contribution in [2.24, 2.45) is 7.05 Å². The summed E-state index contributed by atoms with van der Waals surface area (Å²) in [5, 5.41) is 0.281. The number of esters is 1. The molecule has 3 aromatic heterocycles. The number of rotatable bonds is 3. The molecule has 142 valence electrons. The molecule has 0 amide bonds. The van der Waals surface area contributed by atoms with Crippen molar-refractivity contribution in [2.45, 2.75) is 0 Å². The van der Waals surface area contributed by atoms with Gasteiger partial charge in [-0.25, -0.2) is 19.2 Å². The van der Waals surface area contributed by atoms with E-state index in [1.54, 1.807) is 17.7 Å². The SMILES string of the molecule is COC(=O)c1ccn2c(F)c(-c3c(F)cccc3-c3ncn(C)c3Cl)nc2c1. The highest BCUT2D eigenvalue weighted by molar-refractivity contribution is 6.32. The molecule has 28 heavy (non-hydrogen) atoms. The van der Waals surface area contributed by atoms with Gasteiger partial charge in [0.05, 0.1) is 24.6 Å². The Morgan fingerprint density at radius 1 is 1.21 bits per heavy atom. The summed E-state index contributed by atoms with van der Waals surface area (Å²) >= 11 is 6.25. The number of aryl methyl sites for hydroxylation is 1. The second kappa shape index (κ2) is 6.72. The molecule has 0 radical (unpaired) electrons. The van der Waals surface area contributed by atoms with Crippen molar-refractivity contribution in [3.63, 3.8) is 0 Å². The highest BCUT2D eigenvalue weighted by Gasteiger charge is 2.24. The van der Waals surface area contributed by atoms with E-state index in [-0.39, 0.29) is 27.6 Å². The number of hydrogen-bond acceptors (Lipinski definition) is 4. The van der Waals surface area contributed by atoms with E-state index in [2.05, 4.69) is 14.7 Å². The lowest BCUT2D eigenvalue weighted by atomic mass is 10.0. The van der Waals surface area contributed by atoms with Crippen LogP contribution in [-0.4, -0.2) is 32.0 Å². The zero-order valence-corrected chi connectivity index (χ0v) is 15.5. The third-order valence-corrected chi connectivity index (χ3v) is 4.81. The molecule has 0 saturated heterocycles. The number of pyridine rings is 1. The first-order valence-corrected chi connectivity index (χ1v) is 8.52. The Bertz CT molecular complexity index is 1230. The maximum Gasteiger partial charge on any atom is 0.338 e. The van der Waals surface area contributed by atoms with Crippen LogP contribution in [0.25, 0.3) is 28.2 Å². The number of hydrogen-bond donors (Lipinski definition) is 0. The van der Waals surface area contributed by atoms with Crippen LogP contribution in [0.3, 0.4) is 0 Å². The summed E-state index contributed by atoms with van der Waals surface area (Å²) in [5.41, 5.74) is 0.678. The van der Waals surface area contributed by atoms with E-state index in [1.807, 2.05) is 0 Å². The van der Waals surface area contributed by atoms with Crippen LogP contribution < -0.4 is 0 Å². The van der Waals surface area contributed by atoms with Gasteiger partial charge in [-0.05, 0) is 18.2 Å². The van der Waals surface area contributed by atoms with Gasteiger partial charge in [0, 0.05) is 18.8 Å². The van der Waals surface area contributed by atoms with Gasteiger partial charge in [-0.3, -0.25) is 4.40 Å². The molecule has 9 heteroatoms. The number of nitrogens with zero attached hydrogens (tertiary/aromatic N) is 4. The molecule has 3 heterocycles. The number of aromatic nitrogens is 4. The number of carbonyl (C=O) groups is 1. The monoisotopic (exact) mass is 402 g/mol. The first-order valence-electron chi connectivity index (χ1n) is 8.14. The van der Waals surface area contributed by atoms with Crippen molar-refractivity contribution < 1.29 is 18.3 Å². The van der Waals surface area contributed by atoms with E-state index in [4.69, 9.17) is 11.6 Å². The molecule has 0 N–H and O–H groups in total. The van der Waals surface area contributed by atoms with Crippen LogP contribution in [0.5, 0.6) is 0 Å². The fourth-order valence-corrected chi connectivity index (χ4v) is 3.17. The Kier molecular flexibility index (Phi) is 4.35. The Labute approximate surface area is 163 Å². The number of methoxy groups -OCH3 is 1. The third kappa shape index (κ3) is 2.73. The minimum absolute atomic E-state index is 0.0658. The molecule has 1 aromatic carbocycles. The summed E-state index contributed by atoms with van der Waals surface area (Å²) in [7, 11) is 2.93. The maximum absolute atomic E-state index is 15.1. The molecule has 0 atom stereocenters. The second-order valence-electron chi connectivity index (χ2n) is 6.04. The first kappa shape index (κ1) is 18.1. The van der Waals surface area contributed by atoms with Crippen LogP contribution in [0.15, 0.2) is 42.9 Å². The van der Waals surface area contributed by atoms with Gasteiger partial charge in [-0.15, -0.1) is 0 Å². The molecule has 0 fully saturated rings. The van der Waals surface area contributed by atoms with Gasteiger partial charge in [-0.1, -0.05) is 23.7 Å². The molecule has 0 spiro atoms. The quantitative estimate of drug-likeness (QED) is 0.484. The molecule has 0 saturated carbocycles. The molecule has 6 nitrogen and oxygen atoms in total. The summed E-state index contributed by atoms with van der Waals surface area (Å²) < 4.78 is 37.2. The average molecular weight is 403 g/mol. The maximum atomic E-state index is 15.1. The summed E-state index contributed by atoms with van der Waals surface area (Å²) in [6.07, 6.45) is 2.82. The predicted octanol–water partition coefficient (Wildman–Crippen LogP) is 4.12. The van der Waals surface area contributed by atoms with Crippen LogP contribution >= 0.6 is 11.6 Å². The number of ether oxygens (including phenoxy) is 1. The zero-order valence-electron chi connectivity index (χ0n) is 14.8. The normalized spacial score (nSPS) is 11.2. The molecule has 0 aliphatic carbocycles. The van der Waals surface area contributed by atoms with Gasteiger partial charge >= 0.3 is 5.97 Å². The summed E-state index contributed by atoms with van der Waals surface area (Å²) in [5.74, 6) is -2.03. The molecular formula is C19H13ClF2N4O2. The fourth-order valence-electron chi connectivity index (χ4n) is 2.98. The zero-order chi connectivity index (χ0) is 20.0. The fraction of sp³-hybridized carbons (Fsp3) is 0.105. The van der Waals surface area contributed by atoms with E-state index in [0.29, 0.717) is 11.3 Å². The lowest BCUT2D eigenvalue weighted by Crippen LogP contribution is -2.02. The lowest BCUT2D eigenvalue weighted by molar-refractivity contribution is 0.0600. The first-order chi connectivity index (χ1) is 13.4. The standard InChI is InChI=1S/C19H13ClF2N4O2/c1-25-9-23-15(17(25)20)11-4-3-5-12(21)14(11)16-18(22)26-7-6-10(19(27)28-2)8-13(26)24-16/h3-9H,1-2H3. The average Bonchev–Trinajstić information content (AvgIpc) is 3.20. The highest BCUT2D eigenvalue weighted by atomic mass is 35.5. The summed E-state index contributed by atoms with van der Waals surface area (Å²) in [6, 6.07) is 7.05. The van der Waals surface area contributed by atoms with Crippen molar-refractivity contribution in [1.29, 1.82) is 0 Å². The molecular weight excluding hydrogens is 390 g/mol. The van der Waals surface area contributed by atoms with Gasteiger partial charge < -0.3 is 9.30 Å². The summed E-state index contributed by atoms with van der Waals surface area (Å²) in [6.45, 7) is 0. The lowest BCUT2D eigenvalue weighted by Gasteiger charge is -2.07. The minimum Gasteiger partial charge on any atom is -0.465 e. The molecule has 0 aliphatic heterocycles. The minimum atomic E-state index is -0.773. The van der Waals surface area contributed by atoms with Crippen molar-refractivity contribution in [3.8, 4) is 22.5 Å². The smallest absolute Gasteiger partial charge is 0.338 e. The number of benzene rings is 1. The molecule has 4 rings (SSSR count). The Balaban J connectivity index is 1.97. The third-order valence-electron chi connectivity index (χ3n) is 4.36. The molecule has 4 aromatic rings. The van der Waals surface area contributed by atoms with Gasteiger partial charge in [0.1, 0.15) is 28.0 Å². The van der Waals surface area contributed by atoms with Crippen LogP contribution in [0.2, 0.25) is 5.15 Å². The Morgan fingerprint density at radius 3 is 2.68 bits per heavy atom. The van der Waals surface area contributed by atoms with Crippen LogP contribution in [-0.2, 0) is 11.8 Å². The van der Waals surface area contributed by atoms with Gasteiger partial charge in [0.15, 0.2) is 0 Å². The van der Waals surface area contributed by atoms with Gasteiger partial charge in [0.2, 0.25) is 5.95 Å². The van der Waals surface area contributed by atoms with E-state index in [0.717, 1.165) is 4.40 Å².